The van der Waals surface area contributed by atoms with Crippen LogP contribution in [-0.4, -0.2) is 57.2 Å². The summed E-state index contributed by atoms with van der Waals surface area (Å²) in [7, 11) is 1.94. The van der Waals surface area contributed by atoms with Crippen molar-refractivity contribution in [1.29, 1.82) is 0 Å². The van der Waals surface area contributed by atoms with Crippen LogP contribution in [0, 0.1) is 12.8 Å². The van der Waals surface area contributed by atoms with E-state index in [-0.39, 0.29) is 12.0 Å². The first-order valence-corrected chi connectivity index (χ1v) is 9.88. The Bertz CT molecular complexity index is 690. The molecule has 3 rings (SSSR count). The maximum absolute atomic E-state index is 12.6. The molecule has 27 heavy (non-hydrogen) atoms. The quantitative estimate of drug-likeness (QED) is 0.443. The number of hydrogen-bond donors (Lipinski definition) is 2. The molecule has 2 fully saturated rings. The topological polar surface area (TPSA) is 87.4 Å². The average Bonchev–Trinajstić information content (AvgIpc) is 3.41. The Morgan fingerprint density at radius 1 is 1.33 bits per heavy atom. The molecule has 1 saturated carbocycles. The van der Waals surface area contributed by atoms with Crippen LogP contribution < -0.4 is 10.6 Å². The standard InChI is InChI=1S/C19H31N7O/c1-4-10-20-19(21-12-17-24-23-14(2)25(17)3)22-16-9-11-26(13-16)18(27)15-7-5-6-8-15/h4,15-16H,1,5-13H2,2-3H3,(H2,20,21,22). The van der Waals surface area contributed by atoms with Gasteiger partial charge in [0, 0.05) is 38.6 Å². The Hall–Kier alpha value is -2.38. The molecule has 148 valence electrons. The molecular weight excluding hydrogens is 342 g/mol. The van der Waals surface area contributed by atoms with Gasteiger partial charge in [-0.1, -0.05) is 18.9 Å². The van der Waals surface area contributed by atoms with Crippen LogP contribution in [0.1, 0.15) is 43.8 Å². The van der Waals surface area contributed by atoms with E-state index in [1.807, 2.05) is 23.4 Å². The number of rotatable bonds is 6. The van der Waals surface area contributed by atoms with Gasteiger partial charge in [0.05, 0.1) is 0 Å². The van der Waals surface area contributed by atoms with Crippen molar-refractivity contribution >= 4 is 11.9 Å². The van der Waals surface area contributed by atoms with Gasteiger partial charge in [0.15, 0.2) is 11.8 Å². The number of nitrogens with one attached hydrogen (secondary N) is 2. The zero-order valence-electron chi connectivity index (χ0n) is 16.4. The molecule has 8 nitrogen and oxygen atoms in total. The first-order chi connectivity index (χ1) is 13.1. The van der Waals surface area contributed by atoms with Crippen molar-refractivity contribution in [2.45, 2.75) is 51.6 Å². The zero-order chi connectivity index (χ0) is 19.2. The molecule has 1 aliphatic heterocycles. The molecule has 2 heterocycles. The highest BCUT2D eigenvalue weighted by Gasteiger charge is 2.32. The van der Waals surface area contributed by atoms with E-state index in [1.165, 1.54) is 12.8 Å². The fourth-order valence-electron chi connectivity index (χ4n) is 3.76. The molecule has 2 aliphatic rings. The lowest BCUT2D eigenvalue weighted by Crippen LogP contribution is -2.45. The van der Waals surface area contributed by atoms with Crippen LogP contribution in [0.3, 0.4) is 0 Å². The molecule has 8 heteroatoms. The molecule has 0 spiro atoms. The Morgan fingerprint density at radius 3 is 2.78 bits per heavy atom. The van der Waals surface area contributed by atoms with Crippen molar-refractivity contribution in [3.63, 3.8) is 0 Å². The lowest BCUT2D eigenvalue weighted by atomic mass is 10.1. The van der Waals surface area contributed by atoms with Gasteiger partial charge in [-0.05, 0) is 26.2 Å². The summed E-state index contributed by atoms with van der Waals surface area (Å²) in [6, 6.07) is 0.215. The number of amides is 1. The zero-order valence-corrected chi connectivity index (χ0v) is 16.4. The molecule has 1 saturated heterocycles. The fraction of sp³-hybridized carbons (Fsp3) is 0.684. The smallest absolute Gasteiger partial charge is 0.225 e. The second kappa shape index (κ2) is 9.01. The average molecular weight is 374 g/mol. The normalized spacial score (nSPS) is 20.9. The van der Waals surface area contributed by atoms with Crippen molar-refractivity contribution in [3.8, 4) is 0 Å². The summed E-state index contributed by atoms with van der Waals surface area (Å²) in [5.74, 6) is 2.98. The molecule has 1 aromatic rings. The molecule has 1 unspecified atom stereocenters. The van der Waals surface area contributed by atoms with Crippen LogP contribution in [0.4, 0.5) is 0 Å². The summed E-state index contributed by atoms with van der Waals surface area (Å²) in [5.41, 5.74) is 0. The molecule has 0 aromatic carbocycles. The minimum absolute atomic E-state index is 0.215. The number of nitrogens with zero attached hydrogens (tertiary/aromatic N) is 5. The Labute approximate surface area is 161 Å². The van der Waals surface area contributed by atoms with E-state index >= 15 is 0 Å². The molecule has 1 aliphatic carbocycles. The van der Waals surface area contributed by atoms with Gasteiger partial charge in [0.25, 0.3) is 0 Å². The molecule has 2 N–H and O–H groups in total. The van der Waals surface area contributed by atoms with E-state index in [1.54, 1.807) is 6.08 Å². The number of aliphatic imine (C=N–C) groups is 1. The summed E-state index contributed by atoms with van der Waals surface area (Å²) in [5, 5.41) is 14.9. The summed E-state index contributed by atoms with van der Waals surface area (Å²) in [4.78, 5) is 19.3. The molecule has 0 radical (unpaired) electrons. The molecular formula is C19H31N7O. The SMILES string of the molecule is C=CCNC(=NCc1nnc(C)n1C)NC1CCN(C(=O)C2CCCC2)C1. The summed E-state index contributed by atoms with van der Waals surface area (Å²) in [6.45, 7) is 8.31. The predicted octanol–water partition coefficient (Wildman–Crippen LogP) is 1.14. The van der Waals surface area contributed by atoms with Crippen molar-refractivity contribution in [2.75, 3.05) is 19.6 Å². The van der Waals surface area contributed by atoms with Gasteiger partial charge in [-0.3, -0.25) is 4.79 Å². The highest BCUT2D eigenvalue weighted by atomic mass is 16.2. The van der Waals surface area contributed by atoms with Gasteiger partial charge in [-0.25, -0.2) is 4.99 Å². The summed E-state index contributed by atoms with van der Waals surface area (Å²) in [6.07, 6.45) is 7.23. The van der Waals surface area contributed by atoms with Crippen molar-refractivity contribution in [2.24, 2.45) is 18.0 Å². The van der Waals surface area contributed by atoms with Crippen LogP contribution in [-0.2, 0) is 18.4 Å². The van der Waals surface area contributed by atoms with Crippen LogP contribution in [0.25, 0.3) is 0 Å². The highest BCUT2D eigenvalue weighted by Crippen LogP contribution is 2.27. The van der Waals surface area contributed by atoms with Gasteiger partial charge < -0.3 is 20.1 Å². The van der Waals surface area contributed by atoms with Crippen molar-refractivity contribution < 1.29 is 4.79 Å². The third-order valence-corrected chi connectivity index (χ3v) is 5.52. The Kier molecular flexibility index (Phi) is 6.47. The lowest BCUT2D eigenvalue weighted by Gasteiger charge is -2.21. The predicted molar refractivity (Wildman–Crippen MR) is 105 cm³/mol. The van der Waals surface area contributed by atoms with E-state index < -0.39 is 0 Å². The van der Waals surface area contributed by atoms with Gasteiger partial charge in [-0.2, -0.15) is 0 Å². The maximum atomic E-state index is 12.6. The Morgan fingerprint density at radius 2 is 2.11 bits per heavy atom. The van der Waals surface area contributed by atoms with Gasteiger partial charge >= 0.3 is 0 Å². The summed E-state index contributed by atoms with van der Waals surface area (Å²) >= 11 is 0. The minimum atomic E-state index is 0.215. The number of likely N-dealkylation sites (tertiary alicyclic amines) is 1. The maximum Gasteiger partial charge on any atom is 0.225 e. The molecule has 1 atom stereocenters. The summed E-state index contributed by atoms with van der Waals surface area (Å²) < 4.78 is 1.94. The number of aromatic nitrogens is 3. The van der Waals surface area contributed by atoms with Gasteiger partial charge in [-0.15, -0.1) is 16.8 Å². The number of carbonyl (C=O) groups is 1. The number of aryl methyl sites for hydroxylation is 1. The van der Waals surface area contributed by atoms with Crippen LogP contribution in [0.15, 0.2) is 17.6 Å². The first kappa shape index (κ1) is 19.4. The van der Waals surface area contributed by atoms with E-state index in [2.05, 4.69) is 32.4 Å². The largest absolute Gasteiger partial charge is 0.353 e. The van der Waals surface area contributed by atoms with E-state index in [4.69, 9.17) is 0 Å². The number of carbonyl (C=O) groups excluding carboxylic acids is 1. The fourth-order valence-corrected chi connectivity index (χ4v) is 3.76. The van der Waals surface area contributed by atoms with Gasteiger partial charge in [0.2, 0.25) is 5.91 Å². The van der Waals surface area contributed by atoms with Gasteiger partial charge in [0.1, 0.15) is 12.4 Å². The molecule has 1 aromatic heterocycles. The second-order valence-electron chi connectivity index (χ2n) is 7.45. The van der Waals surface area contributed by atoms with E-state index in [9.17, 15) is 4.79 Å². The Balaban J connectivity index is 1.57. The van der Waals surface area contributed by atoms with Crippen molar-refractivity contribution in [1.82, 2.24) is 30.3 Å². The molecule has 0 bridgehead atoms. The van der Waals surface area contributed by atoms with Crippen LogP contribution >= 0.6 is 0 Å². The molecule has 1 amide bonds. The van der Waals surface area contributed by atoms with E-state index in [0.29, 0.717) is 19.0 Å². The van der Waals surface area contributed by atoms with Crippen LogP contribution in [0.5, 0.6) is 0 Å². The van der Waals surface area contributed by atoms with E-state index in [0.717, 1.165) is 50.0 Å². The number of hydrogen-bond acceptors (Lipinski definition) is 4. The monoisotopic (exact) mass is 373 g/mol. The lowest BCUT2D eigenvalue weighted by molar-refractivity contribution is -0.134. The minimum Gasteiger partial charge on any atom is -0.353 e. The number of guanidine groups is 1. The van der Waals surface area contributed by atoms with Crippen molar-refractivity contribution in [3.05, 3.63) is 24.3 Å². The third kappa shape index (κ3) is 4.87. The highest BCUT2D eigenvalue weighted by molar-refractivity contribution is 5.81. The third-order valence-electron chi connectivity index (χ3n) is 5.52. The second-order valence-corrected chi connectivity index (χ2v) is 7.45. The first-order valence-electron chi connectivity index (χ1n) is 9.88. The van der Waals surface area contributed by atoms with Crippen LogP contribution in [0.2, 0.25) is 0 Å².